The summed E-state index contributed by atoms with van der Waals surface area (Å²) in [5.41, 5.74) is -0.270. The molecule has 0 unspecified atom stereocenters. The normalized spacial score (nSPS) is 17.7. The van der Waals surface area contributed by atoms with Crippen molar-refractivity contribution in [2.45, 2.75) is 178 Å². The first-order valence-corrected chi connectivity index (χ1v) is 24.0. The zero-order valence-corrected chi connectivity index (χ0v) is 36.5. The zero-order valence-electron chi connectivity index (χ0n) is 34.7. The smallest absolute Gasteiger partial charge is 0.261 e. The van der Waals surface area contributed by atoms with Crippen molar-refractivity contribution in [3.63, 3.8) is 0 Å². The molecular formula is C48H72O4SSi. The fourth-order valence-corrected chi connectivity index (χ4v) is 13.7. The van der Waals surface area contributed by atoms with Crippen LogP contribution in [0.2, 0.25) is 5.04 Å². The van der Waals surface area contributed by atoms with Crippen molar-refractivity contribution >= 4 is 30.5 Å². The van der Waals surface area contributed by atoms with E-state index in [9.17, 15) is 0 Å². The van der Waals surface area contributed by atoms with Gasteiger partial charge in [0.05, 0.1) is 12.4 Å². The van der Waals surface area contributed by atoms with Gasteiger partial charge in [0.25, 0.3) is 8.32 Å². The van der Waals surface area contributed by atoms with Crippen LogP contribution in [0.25, 0.3) is 0 Å². The number of hydrogen-bond donors (Lipinski definition) is 0. The van der Waals surface area contributed by atoms with Crippen LogP contribution in [0, 0.1) is 0 Å². The van der Waals surface area contributed by atoms with Gasteiger partial charge in [-0.1, -0.05) is 215 Å². The first-order valence-electron chi connectivity index (χ1n) is 21.2. The first-order chi connectivity index (χ1) is 26.1. The Balaban J connectivity index is 1.39. The van der Waals surface area contributed by atoms with Crippen LogP contribution in [0.1, 0.15) is 144 Å². The van der Waals surface area contributed by atoms with Crippen LogP contribution in [-0.4, -0.2) is 38.4 Å². The third-order valence-electron chi connectivity index (χ3n) is 10.7. The summed E-state index contributed by atoms with van der Waals surface area (Å²) >= 11 is 1.69. The molecule has 0 amide bonds. The minimum Gasteiger partial charge on any atom is -0.490 e. The summed E-state index contributed by atoms with van der Waals surface area (Å²) in [6.07, 6.45) is 20.3. The Labute approximate surface area is 335 Å². The maximum Gasteiger partial charge on any atom is 0.261 e. The van der Waals surface area contributed by atoms with E-state index in [4.69, 9.17) is 18.6 Å². The molecule has 3 atom stereocenters. The van der Waals surface area contributed by atoms with Crippen LogP contribution in [0.4, 0.5) is 0 Å². The van der Waals surface area contributed by atoms with Gasteiger partial charge in [0.1, 0.15) is 17.6 Å². The largest absolute Gasteiger partial charge is 0.490 e. The Hall–Kier alpha value is -2.35. The van der Waals surface area contributed by atoms with E-state index in [0.717, 1.165) is 23.5 Å². The highest BCUT2D eigenvalue weighted by Gasteiger charge is 2.52. The van der Waals surface area contributed by atoms with E-state index >= 15 is 0 Å². The summed E-state index contributed by atoms with van der Waals surface area (Å²) in [7, 11) is -2.82. The van der Waals surface area contributed by atoms with Gasteiger partial charge in [0.15, 0.2) is 5.79 Å². The highest BCUT2D eigenvalue weighted by molar-refractivity contribution is 7.99. The molecule has 0 bridgehead atoms. The molecule has 4 nitrogen and oxygen atoms in total. The van der Waals surface area contributed by atoms with E-state index in [-0.39, 0.29) is 16.6 Å². The SMILES string of the molecule is C=C(CCCCCCCCCCCCCCCCC)O[C@H](CO[Si](c1ccccc1)(c1ccccc1)C(C)(C)C)[C@@H]1OC(C)(C)O[C@H]1Sc1ccccc1. The molecule has 0 aliphatic carbocycles. The molecular weight excluding hydrogens is 701 g/mol. The molecule has 0 aromatic heterocycles. The molecule has 0 saturated carbocycles. The Morgan fingerprint density at radius 2 is 1.13 bits per heavy atom. The van der Waals surface area contributed by atoms with Gasteiger partial charge in [-0.3, -0.25) is 0 Å². The van der Waals surface area contributed by atoms with Crippen LogP contribution in [-0.2, 0) is 18.6 Å². The molecule has 6 heteroatoms. The van der Waals surface area contributed by atoms with Crippen molar-refractivity contribution in [1.82, 2.24) is 0 Å². The topological polar surface area (TPSA) is 36.9 Å². The Morgan fingerprint density at radius 1 is 0.685 bits per heavy atom. The minimum absolute atomic E-state index is 0.157. The molecule has 1 aliphatic heterocycles. The van der Waals surface area contributed by atoms with Crippen molar-refractivity contribution in [2.24, 2.45) is 0 Å². The molecule has 0 radical (unpaired) electrons. The lowest BCUT2D eigenvalue weighted by Gasteiger charge is -2.44. The van der Waals surface area contributed by atoms with Gasteiger partial charge in [-0.25, -0.2) is 0 Å². The van der Waals surface area contributed by atoms with Crippen LogP contribution < -0.4 is 10.4 Å². The van der Waals surface area contributed by atoms with Gasteiger partial charge in [0, 0.05) is 11.3 Å². The maximum atomic E-state index is 7.47. The summed E-state index contributed by atoms with van der Waals surface area (Å²) in [6.45, 7) is 18.0. The molecule has 54 heavy (non-hydrogen) atoms. The standard InChI is InChI=1S/C48H72O4SSi/c1-8-9-10-11-12-13-14-15-16-17-18-19-20-21-25-32-40(2)50-44(45-46(52-48(6,7)51-45)53-41-33-26-22-27-34-41)39-49-54(47(3,4)5,42-35-28-23-29-36-42)43-37-30-24-31-38-43/h22-24,26-31,33-38,44-46H,2,8-21,25,32,39H2,1,3-7H3/t44-,45+,46+/m1/s1. The van der Waals surface area contributed by atoms with Crippen LogP contribution in [0.15, 0.2) is 108 Å². The average Bonchev–Trinajstić information content (AvgIpc) is 3.46. The average molecular weight is 773 g/mol. The highest BCUT2D eigenvalue weighted by Crippen LogP contribution is 2.42. The summed E-state index contributed by atoms with van der Waals surface area (Å²) in [5, 5.41) is 2.34. The Kier molecular flexibility index (Phi) is 18.9. The van der Waals surface area contributed by atoms with E-state index in [0.29, 0.717) is 6.61 Å². The summed E-state index contributed by atoms with van der Waals surface area (Å²) in [5.74, 6) is 0.0450. The lowest BCUT2D eigenvalue weighted by Crippen LogP contribution is -2.67. The molecule has 3 aromatic carbocycles. The summed E-state index contributed by atoms with van der Waals surface area (Å²) in [4.78, 5) is 1.14. The molecule has 298 valence electrons. The number of allylic oxidation sites excluding steroid dienone is 1. The number of benzene rings is 3. The van der Waals surface area contributed by atoms with Crippen LogP contribution in [0.5, 0.6) is 0 Å². The molecule has 4 rings (SSSR count). The molecule has 3 aromatic rings. The van der Waals surface area contributed by atoms with E-state index in [1.807, 2.05) is 19.9 Å². The molecule has 0 N–H and O–H groups in total. The van der Waals surface area contributed by atoms with Gasteiger partial charge in [-0.05, 0) is 47.8 Å². The van der Waals surface area contributed by atoms with Gasteiger partial charge in [0.2, 0.25) is 0 Å². The lowest BCUT2D eigenvalue weighted by molar-refractivity contribution is -0.156. The van der Waals surface area contributed by atoms with E-state index in [2.05, 4.69) is 119 Å². The van der Waals surface area contributed by atoms with Crippen molar-refractivity contribution < 1.29 is 18.6 Å². The van der Waals surface area contributed by atoms with Gasteiger partial charge < -0.3 is 18.6 Å². The number of thioether (sulfide) groups is 1. The number of ether oxygens (including phenoxy) is 3. The minimum atomic E-state index is -2.82. The third-order valence-corrected chi connectivity index (χ3v) is 16.9. The molecule has 0 spiro atoms. The summed E-state index contributed by atoms with van der Waals surface area (Å²) in [6, 6.07) is 32.1. The van der Waals surface area contributed by atoms with Crippen LogP contribution >= 0.6 is 11.8 Å². The fourth-order valence-electron chi connectivity index (χ4n) is 7.86. The predicted octanol–water partition coefficient (Wildman–Crippen LogP) is 13.0. The number of unbranched alkanes of at least 4 members (excludes halogenated alkanes) is 14. The molecule has 1 aliphatic rings. The number of hydrogen-bond acceptors (Lipinski definition) is 5. The van der Waals surface area contributed by atoms with Gasteiger partial charge in [-0.15, -0.1) is 0 Å². The van der Waals surface area contributed by atoms with E-state index < -0.39 is 20.2 Å². The van der Waals surface area contributed by atoms with Crippen molar-refractivity contribution in [3.05, 3.63) is 103 Å². The second-order valence-electron chi connectivity index (χ2n) is 16.8. The zero-order chi connectivity index (χ0) is 38.7. The highest BCUT2D eigenvalue weighted by atomic mass is 32.2. The quantitative estimate of drug-likeness (QED) is 0.0461. The second-order valence-corrected chi connectivity index (χ2v) is 22.2. The third kappa shape index (κ3) is 14.0. The molecule has 1 saturated heterocycles. The van der Waals surface area contributed by atoms with Crippen LogP contribution in [0.3, 0.4) is 0 Å². The van der Waals surface area contributed by atoms with Crippen molar-refractivity contribution in [2.75, 3.05) is 6.61 Å². The summed E-state index contributed by atoms with van der Waals surface area (Å²) < 4.78 is 27.6. The van der Waals surface area contributed by atoms with E-state index in [1.54, 1.807) is 11.8 Å². The first kappa shape index (κ1) is 44.4. The molecule has 1 fully saturated rings. The lowest BCUT2D eigenvalue weighted by atomic mass is 10.0. The van der Waals surface area contributed by atoms with Gasteiger partial charge >= 0.3 is 0 Å². The maximum absolute atomic E-state index is 7.47. The monoisotopic (exact) mass is 772 g/mol. The molecule has 1 heterocycles. The van der Waals surface area contributed by atoms with E-state index in [1.165, 1.54) is 100 Å². The fraction of sp³-hybridized carbons (Fsp3) is 0.583. The van der Waals surface area contributed by atoms with Crippen molar-refractivity contribution in [1.29, 1.82) is 0 Å². The predicted molar refractivity (Wildman–Crippen MR) is 233 cm³/mol. The van der Waals surface area contributed by atoms with Gasteiger partial charge in [-0.2, -0.15) is 0 Å². The number of rotatable bonds is 26. The Morgan fingerprint density at radius 3 is 1.59 bits per heavy atom. The van der Waals surface area contributed by atoms with Crippen molar-refractivity contribution in [3.8, 4) is 0 Å². The Bertz CT molecular complexity index is 1400. The second kappa shape index (κ2) is 23.0.